The van der Waals surface area contributed by atoms with Gasteiger partial charge >= 0.3 is 0 Å². The number of hydrogen-bond donors (Lipinski definition) is 0. The third-order valence-corrected chi connectivity index (χ3v) is 8.38. The van der Waals surface area contributed by atoms with Gasteiger partial charge in [-0.05, 0) is 48.7 Å². The minimum atomic E-state index is -0.251. The predicted molar refractivity (Wildman–Crippen MR) is 135 cm³/mol. The van der Waals surface area contributed by atoms with E-state index in [4.69, 9.17) is 14.5 Å². The lowest BCUT2D eigenvalue weighted by Gasteiger charge is -2.32. The van der Waals surface area contributed by atoms with Gasteiger partial charge in [-0.2, -0.15) is 0 Å². The third kappa shape index (κ3) is 4.21. The lowest BCUT2D eigenvalue weighted by Crippen LogP contribution is -2.34. The molecule has 5 rings (SSSR count). The summed E-state index contributed by atoms with van der Waals surface area (Å²) in [5.41, 5.74) is 2.81. The van der Waals surface area contributed by atoms with Gasteiger partial charge in [-0.3, -0.25) is 9.36 Å². The lowest BCUT2D eigenvalue weighted by atomic mass is 9.90. The molecule has 0 bridgehead atoms. The van der Waals surface area contributed by atoms with E-state index in [0.29, 0.717) is 11.8 Å². The molecule has 4 aromatic rings. The summed E-state index contributed by atoms with van der Waals surface area (Å²) in [5, 5.41) is 1.43. The molecule has 2 aromatic heterocycles. The van der Waals surface area contributed by atoms with Crippen LogP contribution in [0.5, 0.6) is 5.75 Å². The minimum Gasteiger partial charge on any atom is -0.497 e. The van der Waals surface area contributed by atoms with Gasteiger partial charge in [0.05, 0.1) is 30.4 Å². The maximum atomic E-state index is 14.0. The highest BCUT2D eigenvalue weighted by Crippen LogP contribution is 2.39. The number of thioether (sulfide) groups is 1. The first-order valence-electron chi connectivity index (χ1n) is 11.0. The molecule has 3 heterocycles. The van der Waals surface area contributed by atoms with Gasteiger partial charge in [0.1, 0.15) is 10.6 Å². The molecule has 0 fully saturated rings. The SMILES string of the molecule is CCC1(C)Cc2c(sc3nc(SCc4ccccc4)n(-c4ccc(OC)cc4)c(=O)c23)CO1. The van der Waals surface area contributed by atoms with Crippen molar-refractivity contribution in [3.05, 3.63) is 81.0 Å². The van der Waals surface area contributed by atoms with E-state index in [-0.39, 0.29) is 11.2 Å². The highest BCUT2D eigenvalue weighted by molar-refractivity contribution is 7.98. The number of methoxy groups -OCH3 is 1. The van der Waals surface area contributed by atoms with Crippen LogP contribution >= 0.6 is 23.1 Å². The number of thiophene rings is 1. The highest BCUT2D eigenvalue weighted by Gasteiger charge is 2.33. The summed E-state index contributed by atoms with van der Waals surface area (Å²) in [5.74, 6) is 1.49. The topological polar surface area (TPSA) is 53.4 Å². The van der Waals surface area contributed by atoms with Crippen LogP contribution in [-0.2, 0) is 23.5 Å². The Balaban J connectivity index is 1.66. The number of ether oxygens (including phenoxy) is 2. The summed E-state index contributed by atoms with van der Waals surface area (Å²) in [4.78, 5) is 20.9. The summed E-state index contributed by atoms with van der Waals surface area (Å²) in [7, 11) is 1.64. The van der Waals surface area contributed by atoms with Crippen LogP contribution in [-0.4, -0.2) is 22.3 Å². The van der Waals surface area contributed by atoms with Crippen LogP contribution in [0, 0.1) is 0 Å². The molecule has 1 unspecified atom stereocenters. The van der Waals surface area contributed by atoms with Crippen molar-refractivity contribution in [3.63, 3.8) is 0 Å². The van der Waals surface area contributed by atoms with E-state index in [1.54, 1.807) is 34.8 Å². The van der Waals surface area contributed by atoms with Crippen LogP contribution in [0.15, 0.2) is 64.5 Å². The molecular formula is C26H26N2O3S2. The van der Waals surface area contributed by atoms with Crippen LogP contribution in [0.2, 0.25) is 0 Å². The fourth-order valence-corrected chi connectivity index (χ4v) is 6.22. The van der Waals surface area contributed by atoms with E-state index in [1.807, 2.05) is 42.5 Å². The van der Waals surface area contributed by atoms with Gasteiger partial charge < -0.3 is 9.47 Å². The molecular weight excluding hydrogens is 452 g/mol. The quantitative estimate of drug-likeness (QED) is 0.252. The van der Waals surface area contributed by atoms with E-state index in [1.165, 1.54) is 5.56 Å². The fourth-order valence-electron chi connectivity index (χ4n) is 4.11. The molecule has 33 heavy (non-hydrogen) atoms. The van der Waals surface area contributed by atoms with Crippen molar-refractivity contribution in [2.24, 2.45) is 0 Å². The standard InChI is InChI=1S/C26H26N2O3S2/c1-4-26(2)14-20-21(15-31-26)33-23-22(20)24(29)28(18-10-12-19(30-3)13-11-18)25(27-23)32-16-17-8-6-5-7-9-17/h5-13H,4,14-16H2,1-3H3. The molecule has 170 valence electrons. The van der Waals surface area contributed by atoms with Gasteiger partial charge in [-0.15, -0.1) is 11.3 Å². The van der Waals surface area contributed by atoms with Gasteiger partial charge in [0.2, 0.25) is 0 Å². The van der Waals surface area contributed by atoms with Crippen molar-refractivity contribution in [2.45, 2.75) is 49.8 Å². The maximum Gasteiger partial charge on any atom is 0.267 e. The van der Waals surface area contributed by atoms with Gasteiger partial charge in [-0.1, -0.05) is 49.0 Å². The Bertz CT molecular complexity index is 1350. The summed E-state index contributed by atoms with van der Waals surface area (Å²) in [6.07, 6.45) is 1.63. The van der Waals surface area contributed by atoms with Crippen molar-refractivity contribution >= 4 is 33.3 Å². The van der Waals surface area contributed by atoms with Crippen molar-refractivity contribution in [1.82, 2.24) is 9.55 Å². The maximum absolute atomic E-state index is 14.0. The average Bonchev–Trinajstić information content (AvgIpc) is 3.21. The number of hydrogen-bond acceptors (Lipinski definition) is 6. The van der Waals surface area contributed by atoms with Crippen LogP contribution in [0.3, 0.4) is 0 Å². The molecule has 0 radical (unpaired) electrons. The molecule has 1 aliphatic heterocycles. The first kappa shape index (κ1) is 22.2. The largest absolute Gasteiger partial charge is 0.497 e. The summed E-state index contributed by atoms with van der Waals surface area (Å²) in [6.45, 7) is 4.79. The average molecular weight is 479 g/mol. The smallest absolute Gasteiger partial charge is 0.267 e. The van der Waals surface area contributed by atoms with Crippen molar-refractivity contribution < 1.29 is 9.47 Å². The first-order valence-corrected chi connectivity index (χ1v) is 12.8. The van der Waals surface area contributed by atoms with Crippen LogP contribution in [0.1, 0.15) is 36.3 Å². The van der Waals surface area contributed by atoms with E-state index in [2.05, 4.69) is 26.0 Å². The number of fused-ring (bicyclic) bond motifs is 3. The zero-order chi connectivity index (χ0) is 23.0. The Labute approximate surface area is 201 Å². The monoisotopic (exact) mass is 478 g/mol. The number of aromatic nitrogens is 2. The fraction of sp³-hybridized carbons (Fsp3) is 0.308. The molecule has 5 nitrogen and oxygen atoms in total. The van der Waals surface area contributed by atoms with Crippen LogP contribution in [0.4, 0.5) is 0 Å². The molecule has 0 N–H and O–H groups in total. The highest BCUT2D eigenvalue weighted by atomic mass is 32.2. The summed E-state index contributed by atoms with van der Waals surface area (Å²) < 4.78 is 13.2. The van der Waals surface area contributed by atoms with E-state index in [9.17, 15) is 4.79 Å². The Kier molecular flexibility index (Phi) is 6.03. The van der Waals surface area contributed by atoms with E-state index < -0.39 is 0 Å². The predicted octanol–water partition coefficient (Wildman–Crippen LogP) is 5.99. The van der Waals surface area contributed by atoms with Gasteiger partial charge in [0.15, 0.2) is 5.16 Å². The first-order chi connectivity index (χ1) is 16.0. The second-order valence-corrected chi connectivity index (χ2v) is 10.5. The Morgan fingerprint density at radius 3 is 2.64 bits per heavy atom. The second-order valence-electron chi connectivity index (χ2n) is 8.46. The Morgan fingerprint density at radius 1 is 1.18 bits per heavy atom. The second kappa shape index (κ2) is 8.97. The van der Waals surface area contributed by atoms with Crippen molar-refractivity contribution in [3.8, 4) is 11.4 Å². The van der Waals surface area contributed by atoms with Crippen LogP contribution in [0.25, 0.3) is 15.9 Å². The number of rotatable bonds is 6. The minimum absolute atomic E-state index is 0.0152. The molecule has 0 saturated carbocycles. The van der Waals surface area contributed by atoms with E-state index >= 15 is 0 Å². The zero-order valence-corrected chi connectivity index (χ0v) is 20.6. The van der Waals surface area contributed by atoms with E-state index in [0.717, 1.165) is 50.7 Å². The molecule has 0 spiro atoms. The Morgan fingerprint density at radius 2 is 1.94 bits per heavy atom. The van der Waals surface area contributed by atoms with Crippen molar-refractivity contribution in [2.75, 3.05) is 7.11 Å². The van der Waals surface area contributed by atoms with Gasteiger partial charge in [0, 0.05) is 17.1 Å². The summed E-state index contributed by atoms with van der Waals surface area (Å²) in [6, 6.07) is 17.8. The molecule has 1 aliphatic rings. The zero-order valence-electron chi connectivity index (χ0n) is 19.0. The Hall–Kier alpha value is -2.61. The third-order valence-electron chi connectivity index (χ3n) is 6.27. The molecule has 0 amide bonds. The molecule has 2 aromatic carbocycles. The van der Waals surface area contributed by atoms with Crippen LogP contribution < -0.4 is 10.3 Å². The van der Waals surface area contributed by atoms with Crippen molar-refractivity contribution in [1.29, 1.82) is 0 Å². The molecule has 1 atom stereocenters. The number of benzene rings is 2. The molecule has 0 aliphatic carbocycles. The summed E-state index contributed by atoms with van der Waals surface area (Å²) >= 11 is 3.17. The van der Waals surface area contributed by atoms with Gasteiger partial charge in [0.25, 0.3) is 5.56 Å². The lowest BCUT2D eigenvalue weighted by molar-refractivity contribution is -0.0543. The normalized spacial score (nSPS) is 17.8. The molecule has 7 heteroatoms. The molecule has 0 saturated heterocycles. The number of nitrogens with zero attached hydrogens (tertiary/aromatic N) is 2. The van der Waals surface area contributed by atoms with Gasteiger partial charge in [-0.25, -0.2) is 4.98 Å².